The van der Waals surface area contributed by atoms with Crippen LogP contribution in [0.2, 0.25) is 0 Å². The fourth-order valence-corrected chi connectivity index (χ4v) is 0.885. The molecule has 0 saturated heterocycles. The van der Waals surface area contributed by atoms with Crippen LogP contribution in [0.5, 0.6) is 0 Å². The fourth-order valence-electron chi connectivity index (χ4n) is 0.885. The lowest BCUT2D eigenvalue weighted by atomic mass is 10.3. The standard InChI is InChI=1S/C9H18N2O3.C2H6/c1-2-14-7-9(13)11-6-4-3-5-10-8-12;1-2/h8H,2-7H2,1H3,(H,10,12)(H,11,13);1-2H3. The van der Waals surface area contributed by atoms with Gasteiger partial charge >= 0.3 is 0 Å². The van der Waals surface area contributed by atoms with Crippen molar-refractivity contribution in [2.75, 3.05) is 26.3 Å². The number of nitrogens with one attached hydrogen (secondary N) is 2. The van der Waals surface area contributed by atoms with E-state index in [-0.39, 0.29) is 12.5 Å². The number of rotatable bonds is 9. The summed E-state index contributed by atoms with van der Waals surface area (Å²) in [5.74, 6) is -0.0878. The van der Waals surface area contributed by atoms with Crippen LogP contribution in [-0.4, -0.2) is 38.6 Å². The van der Waals surface area contributed by atoms with E-state index in [1.165, 1.54) is 0 Å². The van der Waals surface area contributed by atoms with Gasteiger partial charge in [-0.1, -0.05) is 13.8 Å². The molecule has 5 nitrogen and oxygen atoms in total. The van der Waals surface area contributed by atoms with E-state index in [1.54, 1.807) is 0 Å². The minimum absolute atomic E-state index is 0.0878. The van der Waals surface area contributed by atoms with Crippen LogP contribution in [-0.2, 0) is 14.3 Å². The van der Waals surface area contributed by atoms with Crippen LogP contribution in [0.25, 0.3) is 0 Å². The van der Waals surface area contributed by atoms with Crippen molar-refractivity contribution in [3.63, 3.8) is 0 Å². The second-order valence-electron chi connectivity index (χ2n) is 2.77. The maximum atomic E-state index is 11.0. The molecule has 0 rings (SSSR count). The molecule has 0 radical (unpaired) electrons. The molecule has 0 heterocycles. The lowest BCUT2D eigenvalue weighted by Gasteiger charge is -2.04. The molecule has 0 aliphatic heterocycles. The maximum Gasteiger partial charge on any atom is 0.245 e. The number of unbranched alkanes of at least 4 members (excludes halogenated alkanes) is 1. The summed E-state index contributed by atoms with van der Waals surface area (Å²) >= 11 is 0. The molecule has 0 aromatic rings. The zero-order valence-corrected chi connectivity index (χ0v) is 10.5. The van der Waals surface area contributed by atoms with Crippen molar-refractivity contribution in [3.8, 4) is 0 Å². The van der Waals surface area contributed by atoms with Gasteiger partial charge in [0, 0.05) is 19.7 Å². The summed E-state index contributed by atoms with van der Waals surface area (Å²) < 4.78 is 4.92. The van der Waals surface area contributed by atoms with Crippen molar-refractivity contribution in [1.82, 2.24) is 10.6 Å². The molecule has 0 fully saturated rings. The van der Waals surface area contributed by atoms with Crippen LogP contribution in [0.15, 0.2) is 0 Å². The van der Waals surface area contributed by atoms with Crippen LogP contribution in [0.3, 0.4) is 0 Å². The Hall–Kier alpha value is -1.10. The first kappa shape index (κ1) is 17.3. The smallest absolute Gasteiger partial charge is 0.245 e. The number of hydrogen-bond donors (Lipinski definition) is 2. The fraction of sp³-hybridized carbons (Fsp3) is 0.818. The third-order valence-corrected chi connectivity index (χ3v) is 1.59. The van der Waals surface area contributed by atoms with Gasteiger partial charge in [0.15, 0.2) is 0 Å². The molecule has 2 N–H and O–H groups in total. The average Bonchev–Trinajstić information content (AvgIpc) is 2.33. The molecule has 0 aromatic carbocycles. The van der Waals surface area contributed by atoms with Crippen molar-refractivity contribution in [2.45, 2.75) is 33.6 Å². The second-order valence-corrected chi connectivity index (χ2v) is 2.77. The Labute approximate surface area is 97.9 Å². The predicted molar refractivity (Wildman–Crippen MR) is 64.2 cm³/mol. The molecular formula is C11H24N2O3. The highest BCUT2D eigenvalue weighted by molar-refractivity contribution is 5.77. The van der Waals surface area contributed by atoms with Crippen molar-refractivity contribution in [3.05, 3.63) is 0 Å². The van der Waals surface area contributed by atoms with E-state index in [4.69, 9.17) is 4.74 Å². The number of amides is 2. The summed E-state index contributed by atoms with van der Waals surface area (Å²) in [6, 6.07) is 0. The van der Waals surface area contributed by atoms with Crippen LogP contribution in [0.1, 0.15) is 33.6 Å². The summed E-state index contributed by atoms with van der Waals surface area (Å²) in [5, 5.41) is 5.27. The Morgan fingerprint density at radius 3 is 2.44 bits per heavy atom. The molecule has 0 spiro atoms. The molecule has 0 aliphatic carbocycles. The van der Waals surface area contributed by atoms with E-state index in [1.807, 2.05) is 20.8 Å². The van der Waals surface area contributed by atoms with Gasteiger partial charge in [-0.15, -0.1) is 0 Å². The van der Waals surface area contributed by atoms with Gasteiger partial charge in [0.05, 0.1) is 0 Å². The number of carbonyl (C=O) groups is 2. The molecular weight excluding hydrogens is 208 g/mol. The highest BCUT2D eigenvalue weighted by atomic mass is 16.5. The first-order valence-corrected chi connectivity index (χ1v) is 5.82. The zero-order valence-electron chi connectivity index (χ0n) is 10.5. The largest absolute Gasteiger partial charge is 0.372 e. The SMILES string of the molecule is CC.CCOCC(=O)NCCCCNC=O. The average molecular weight is 232 g/mol. The predicted octanol–water partition coefficient (Wildman–Crippen LogP) is 0.691. The Balaban J connectivity index is 0. The normalized spacial score (nSPS) is 8.69. The zero-order chi connectivity index (χ0) is 12.6. The number of ether oxygens (including phenoxy) is 1. The summed E-state index contributed by atoms with van der Waals surface area (Å²) in [5.41, 5.74) is 0. The number of hydrogen-bond acceptors (Lipinski definition) is 3. The van der Waals surface area contributed by atoms with Crippen LogP contribution in [0, 0.1) is 0 Å². The van der Waals surface area contributed by atoms with E-state index < -0.39 is 0 Å². The monoisotopic (exact) mass is 232 g/mol. The maximum absolute atomic E-state index is 11.0. The van der Waals surface area contributed by atoms with Gasteiger partial charge in [-0.2, -0.15) is 0 Å². The van der Waals surface area contributed by atoms with E-state index in [2.05, 4.69) is 10.6 Å². The molecule has 0 bridgehead atoms. The van der Waals surface area contributed by atoms with Gasteiger partial charge in [0.25, 0.3) is 0 Å². The van der Waals surface area contributed by atoms with Crippen molar-refractivity contribution in [2.24, 2.45) is 0 Å². The Bertz CT molecular complexity index is 163. The summed E-state index contributed by atoms with van der Waals surface area (Å²) in [7, 11) is 0. The van der Waals surface area contributed by atoms with Crippen molar-refractivity contribution >= 4 is 12.3 Å². The van der Waals surface area contributed by atoms with Gasteiger partial charge in [-0.3, -0.25) is 9.59 Å². The van der Waals surface area contributed by atoms with Gasteiger partial charge in [0.1, 0.15) is 6.61 Å². The van der Waals surface area contributed by atoms with Crippen molar-refractivity contribution in [1.29, 1.82) is 0 Å². The minimum Gasteiger partial charge on any atom is -0.372 e. The molecule has 0 unspecified atom stereocenters. The molecule has 16 heavy (non-hydrogen) atoms. The second kappa shape index (κ2) is 16.3. The van der Waals surface area contributed by atoms with Crippen LogP contribution >= 0.6 is 0 Å². The molecule has 0 aliphatic rings. The molecule has 96 valence electrons. The van der Waals surface area contributed by atoms with Gasteiger partial charge in [0.2, 0.25) is 12.3 Å². The Morgan fingerprint density at radius 1 is 1.25 bits per heavy atom. The molecule has 5 heteroatoms. The van der Waals surface area contributed by atoms with Gasteiger partial charge in [-0.25, -0.2) is 0 Å². The minimum atomic E-state index is -0.0878. The van der Waals surface area contributed by atoms with Crippen molar-refractivity contribution < 1.29 is 14.3 Å². The first-order valence-electron chi connectivity index (χ1n) is 5.82. The van der Waals surface area contributed by atoms with Gasteiger partial charge in [-0.05, 0) is 19.8 Å². The third-order valence-electron chi connectivity index (χ3n) is 1.59. The number of carbonyl (C=O) groups excluding carboxylic acids is 2. The van der Waals surface area contributed by atoms with E-state index >= 15 is 0 Å². The molecule has 0 atom stereocenters. The van der Waals surface area contributed by atoms with E-state index in [0.29, 0.717) is 26.1 Å². The third kappa shape index (κ3) is 15.4. The lowest BCUT2D eigenvalue weighted by Crippen LogP contribution is -2.28. The molecule has 0 aromatic heterocycles. The molecule has 0 saturated carbocycles. The van der Waals surface area contributed by atoms with Gasteiger partial charge < -0.3 is 15.4 Å². The summed E-state index contributed by atoms with van der Waals surface area (Å²) in [6.45, 7) is 7.81. The topological polar surface area (TPSA) is 67.4 Å². The quantitative estimate of drug-likeness (QED) is 0.454. The Morgan fingerprint density at radius 2 is 1.88 bits per heavy atom. The summed E-state index contributed by atoms with van der Waals surface area (Å²) in [6.07, 6.45) is 2.40. The highest BCUT2D eigenvalue weighted by Gasteiger charge is 1.98. The summed E-state index contributed by atoms with van der Waals surface area (Å²) in [4.78, 5) is 20.8. The van der Waals surface area contributed by atoms with Crippen LogP contribution < -0.4 is 10.6 Å². The van der Waals surface area contributed by atoms with E-state index in [0.717, 1.165) is 12.8 Å². The van der Waals surface area contributed by atoms with E-state index in [9.17, 15) is 9.59 Å². The molecule has 2 amide bonds. The lowest BCUT2D eigenvalue weighted by molar-refractivity contribution is -0.125. The van der Waals surface area contributed by atoms with Crippen LogP contribution in [0.4, 0.5) is 0 Å². The first-order chi connectivity index (χ1) is 7.81. The Kier molecular flexibility index (Phi) is 17.7. The highest BCUT2D eigenvalue weighted by Crippen LogP contribution is 1.84.